The lowest BCUT2D eigenvalue weighted by Crippen LogP contribution is -2.42. The summed E-state index contributed by atoms with van der Waals surface area (Å²) < 4.78 is 35.0. The largest absolute Gasteiger partial charge is 0.467 e. The van der Waals surface area contributed by atoms with Crippen LogP contribution in [0.2, 0.25) is 0 Å². The maximum absolute atomic E-state index is 14.0. The Morgan fingerprint density at radius 2 is 1.79 bits per heavy atom. The molecule has 0 aliphatic rings. The van der Waals surface area contributed by atoms with Crippen LogP contribution in [0.4, 0.5) is 0 Å². The van der Waals surface area contributed by atoms with Gasteiger partial charge in [0.25, 0.3) is 5.56 Å². The van der Waals surface area contributed by atoms with E-state index in [1.807, 2.05) is 17.5 Å². The number of aromatic amines is 2. The van der Waals surface area contributed by atoms with E-state index >= 15 is 0 Å². The summed E-state index contributed by atoms with van der Waals surface area (Å²) in [6.45, 7) is 0.383. The molecule has 0 aliphatic carbocycles. The van der Waals surface area contributed by atoms with Crippen molar-refractivity contribution >= 4 is 38.2 Å². The number of hydrogen-bond acceptors (Lipinski definition) is 7. The van der Waals surface area contributed by atoms with Crippen molar-refractivity contribution in [1.29, 1.82) is 0 Å². The highest BCUT2D eigenvalue weighted by Gasteiger charge is 2.31. The molecule has 0 spiro atoms. The predicted molar refractivity (Wildman–Crippen MR) is 142 cm³/mol. The van der Waals surface area contributed by atoms with Crippen LogP contribution in [0, 0.1) is 0 Å². The summed E-state index contributed by atoms with van der Waals surface area (Å²) in [5.41, 5.74) is -0.793. The van der Waals surface area contributed by atoms with Crippen LogP contribution in [-0.2, 0) is 27.9 Å². The molecular formula is C26H22N4O6S2. The second kappa shape index (κ2) is 10.6. The van der Waals surface area contributed by atoms with Gasteiger partial charge in [0.05, 0.1) is 35.2 Å². The van der Waals surface area contributed by atoms with E-state index in [4.69, 9.17) is 4.42 Å². The average molecular weight is 551 g/mol. The minimum absolute atomic E-state index is 0.00722. The van der Waals surface area contributed by atoms with Crippen LogP contribution in [0.5, 0.6) is 0 Å². The highest BCUT2D eigenvalue weighted by atomic mass is 32.2. The number of furan rings is 1. The van der Waals surface area contributed by atoms with E-state index in [1.165, 1.54) is 34.6 Å². The highest BCUT2D eigenvalue weighted by molar-refractivity contribution is 7.89. The van der Waals surface area contributed by atoms with Gasteiger partial charge in [0.1, 0.15) is 11.8 Å². The van der Waals surface area contributed by atoms with Crippen LogP contribution >= 0.6 is 11.3 Å². The van der Waals surface area contributed by atoms with E-state index in [2.05, 4.69) is 14.7 Å². The fraction of sp³-hybridized carbons (Fsp3) is 0.115. The summed E-state index contributed by atoms with van der Waals surface area (Å²) in [7, 11) is -4.29. The first-order valence-corrected chi connectivity index (χ1v) is 13.8. The van der Waals surface area contributed by atoms with Crippen molar-refractivity contribution in [2.45, 2.75) is 24.0 Å². The number of hydrogen-bond donors (Lipinski definition) is 3. The molecule has 0 unspecified atom stereocenters. The van der Waals surface area contributed by atoms with Gasteiger partial charge in [0, 0.05) is 4.88 Å². The van der Waals surface area contributed by atoms with Gasteiger partial charge in [-0.1, -0.05) is 36.4 Å². The Labute approximate surface area is 220 Å². The molecule has 12 heteroatoms. The summed E-state index contributed by atoms with van der Waals surface area (Å²) in [4.78, 5) is 44.6. The average Bonchev–Trinajstić information content (AvgIpc) is 3.61. The van der Waals surface area contributed by atoms with E-state index in [0.29, 0.717) is 11.3 Å². The summed E-state index contributed by atoms with van der Waals surface area (Å²) in [6, 6.07) is 18.2. The van der Waals surface area contributed by atoms with Crippen molar-refractivity contribution in [2.75, 3.05) is 0 Å². The van der Waals surface area contributed by atoms with E-state index in [-0.39, 0.29) is 28.9 Å². The zero-order valence-corrected chi connectivity index (χ0v) is 21.4. The maximum Gasteiger partial charge on any atom is 0.326 e. The van der Waals surface area contributed by atoms with Gasteiger partial charge in [0.2, 0.25) is 15.9 Å². The Morgan fingerprint density at radius 3 is 2.50 bits per heavy atom. The summed E-state index contributed by atoms with van der Waals surface area (Å²) >= 11 is 1.48. The fourth-order valence-electron chi connectivity index (χ4n) is 4.02. The third kappa shape index (κ3) is 5.52. The summed E-state index contributed by atoms with van der Waals surface area (Å²) in [6.07, 6.45) is 1.51. The van der Waals surface area contributed by atoms with Crippen LogP contribution in [0.3, 0.4) is 0 Å². The van der Waals surface area contributed by atoms with Gasteiger partial charge in [0.15, 0.2) is 0 Å². The molecule has 0 aliphatic heterocycles. The number of H-pyrrole nitrogens is 2. The molecule has 0 radical (unpaired) electrons. The lowest BCUT2D eigenvalue weighted by atomic mass is 10.1. The molecule has 194 valence electrons. The molecule has 0 bridgehead atoms. The molecule has 0 saturated carbocycles. The molecule has 2 aromatic carbocycles. The van der Waals surface area contributed by atoms with Gasteiger partial charge in [-0.3, -0.25) is 14.6 Å². The third-order valence-electron chi connectivity index (χ3n) is 5.84. The minimum atomic E-state index is -4.29. The SMILES string of the molecule is O=C([C@H](NS(=O)(=O)c1ccc2[nH]c(=O)[nH]c(=O)c2c1)c1ccccc1)N(Cc1ccco1)Cc1cccs1. The number of sulfonamides is 1. The summed E-state index contributed by atoms with van der Waals surface area (Å²) in [5.74, 6) is 0.0693. The van der Waals surface area contributed by atoms with Crippen molar-refractivity contribution in [2.24, 2.45) is 0 Å². The first kappa shape index (κ1) is 25.4. The van der Waals surface area contributed by atoms with Gasteiger partial charge in [-0.2, -0.15) is 4.72 Å². The molecule has 3 N–H and O–H groups in total. The molecule has 0 fully saturated rings. The first-order chi connectivity index (χ1) is 18.3. The number of rotatable bonds is 9. The van der Waals surface area contributed by atoms with Crippen LogP contribution in [0.1, 0.15) is 22.2 Å². The Morgan fingerprint density at radius 1 is 0.974 bits per heavy atom. The second-order valence-corrected chi connectivity index (χ2v) is 11.2. The van der Waals surface area contributed by atoms with Gasteiger partial charge < -0.3 is 14.3 Å². The number of nitrogens with zero attached hydrogens (tertiary/aromatic N) is 1. The van der Waals surface area contributed by atoms with E-state index in [0.717, 1.165) is 10.9 Å². The van der Waals surface area contributed by atoms with E-state index in [9.17, 15) is 22.8 Å². The molecule has 3 aromatic heterocycles. The Balaban J connectivity index is 1.52. The molecule has 10 nitrogen and oxygen atoms in total. The van der Waals surface area contributed by atoms with Gasteiger partial charge in [-0.05, 0) is 47.3 Å². The molecule has 1 amide bonds. The molecule has 5 rings (SSSR count). The van der Waals surface area contributed by atoms with Gasteiger partial charge in [-0.15, -0.1) is 11.3 Å². The number of aromatic nitrogens is 2. The van der Waals surface area contributed by atoms with Gasteiger partial charge >= 0.3 is 5.69 Å². The minimum Gasteiger partial charge on any atom is -0.467 e. The summed E-state index contributed by atoms with van der Waals surface area (Å²) in [5, 5.41) is 1.89. The maximum atomic E-state index is 14.0. The monoisotopic (exact) mass is 550 g/mol. The number of nitrogens with one attached hydrogen (secondary N) is 3. The van der Waals surface area contributed by atoms with Crippen molar-refractivity contribution in [3.05, 3.63) is 121 Å². The lowest BCUT2D eigenvalue weighted by Gasteiger charge is -2.27. The van der Waals surface area contributed by atoms with Crippen LogP contribution in [-0.4, -0.2) is 29.2 Å². The van der Waals surface area contributed by atoms with Crippen molar-refractivity contribution < 1.29 is 17.6 Å². The molecule has 38 heavy (non-hydrogen) atoms. The Hall–Kier alpha value is -4.26. The standard InChI is InChI=1S/C26H22N4O6S2/c31-24-21-14-20(10-11-22(21)27-26(33)28-24)38(34,35)29-23(17-6-2-1-3-7-17)25(32)30(15-18-8-4-12-36-18)16-19-9-5-13-37-19/h1-14,23,29H,15-16H2,(H2,27,28,31,33)/t23-/m1/s1. The molecule has 5 aromatic rings. The quantitative estimate of drug-likeness (QED) is 0.257. The van der Waals surface area contributed by atoms with Crippen molar-refractivity contribution in [3.63, 3.8) is 0 Å². The smallest absolute Gasteiger partial charge is 0.326 e. The van der Waals surface area contributed by atoms with Gasteiger partial charge in [-0.25, -0.2) is 13.2 Å². The van der Waals surface area contributed by atoms with E-state index in [1.54, 1.807) is 42.5 Å². The normalized spacial score (nSPS) is 12.4. The highest BCUT2D eigenvalue weighted by Crippen LogP contribution is 2.24. The first-order valence-electron chi connectivity index (χ1n) is 11.5. The third-order valence-corrected chi connectivity index (χ3v) is 8.12. The Kier molecular flexibility index (Phi) is 7.09. The molecular weight excluding hydrogens is 528 g/mol. The van der Waals surface area contributed by atoms with Crippen molar-refractivity contribution in [3.8, 4) is 0 Å². The zero-order valence-electron chi connectivity index (χ0n) is 19.8. The number of thiophene rings is 1. The molecule has 0 saturated heterocycles. The number of amides is 1. The van der Waals surface area contributed by atoms with E-state index < -0.39 is 33.2 Å². The topological polar surface area (TPSA) is 145 Å². The fourth-order valence-corrected chi connectivity index (χ4v) is 5.94. The number of benzene rings is 2. The van der Waals surface area contributed by atoms with Crippen molar-refractivity contribution in [1.82, 2.24) is 19.6 Å². The van der Waals surface area contributed by atoms with Crippen LogP contribution < -0.4 is 16.0 Å². The van der Waals surface area contributed by atoms with Crippen LogP contribution in [0.25, 0.3) is 10.9 Å². The lowest BCUT2D eigenvalue weighted by molar-refractivity contribution is -0.134. The Bertz CT molecular complexity index is 1740. The number of carbonyl (C=O) groups is 1. The predicted octanol–water partition coefficient (Wildman–Crippen LogP) is 3.12. The molecule has 1 atom stereocenters. The van der Waals surface area contributed by atoms with Crippen LogP contribution in [0.15, 0.2) is 103 Å². The number of fused-ring (bicyclic) bond motifs is 1. The number of carbonyl (C=O) groups excluding carboxylic acids is 1. The zero-order chi connectivity index (χ0) is 26.7. The second-order valence-electron chi connectivity index (χ2n) is 8.43. The molecule has 3 heterocycles.